The van der Waals surface area contributed by atoms with E-state index in [0.717, 1.165) is 19.3 Å². The van der Waals surface area contributed by atoms with E-state index >= 15 is 0 Å². The number of allylic oxidation sites excluding steroid dienone is 5. The van der Waals surface area contributed by atoms with Gasteiger partial charge in [0.25, 0.3) is 0 Å². The van der Waals surface area contributed by atoms with Gasteiger partial charge >= 0.3 is 0 Å². The van der Waals surface area contributed by atoms with Crippen LogP contribution in [0.25, 0.3) is 82.1 Å². The number of hydrogen-bond donors (Lipinski definition) is 0. The predicted molar refractivity (Wildman–Crippen MR) is 215 cm³/mol. The van der Waals surface area contributed by atoms with Gasteiger partial charge in [-0.1, -0.05) is 170 Å². The molecule has 0 bridgehead atoms. The Kier molecular flexibility index (Phi) is 6.18. The first kappa shape index (κ1) is 28.2. The molecule has 1 heterocycles. The molecular formula is C49H32S. The molecule has 0 saturated carbocycles. The van der Waals surface area contributed by atoms with Crippen molar-refractivity contribution in [3.05, 3.63) is 184 Å². The van der Waals surface area contributed by atoms with Crippen LogP contribution in [0.2, 0.25) is 0 Å². The van der Waals surface area contributed by atoms with Gasteiger partial charge in [-0.3, -0.25) is 0 Å². The average Bonchev–Trinajstić information content (AvgIpc) is 3.38. The van der Waals surface area contributed by atoms with Crippen molar-refractivity contribution in [2.45, 2.75) is 19.3 Å². The first-order valence-electron chi connectivity index (χ1n) is 17.7. The van der Waals surface area contributed by atoms with Gasteiger partial charge in [-0.05, 0) is 118 Å². The summed E-state index contributed by atoms with van der Waals surface area (Å²) < 4.78 is 0. The van der Waals surface area contributed by atoms with E-state index in [1.807, 2.05) is 11.8 Å². The fourth-order valence-electron chi connectivity index (χ4n) is 9.03. The average molecular weight is 653 g/mol. The SMILES string of the molecule is C1=CC2=C(CC1)SC1=c3c2cccc3=C(c2ccc(-c3c4c(c(-c5ccccc5)c5ccccc35)-c3cccc5cccc-4c35)cc2)CC=C1. The minimum Gasteiger partial charge on any atom is -0.0932 e. The Hall–Kier alpha value is -5.63. The topological polar surface area (TPSA) is 0 Å². The highest BCUT2D eigenvalue weighted by atomic mass is 32.2. The molecule has 0 spiro atoms. The Labute approximate surface area is 296 Å². The minimum absolute atomic E-state index is 0.918. The maximum absolute atomic E-state index is 2.38. The van der Waals surface area contributed by atoms with Gasteiger partial charge in [0.05, 0.1) is 0 Å². The highest BCUT2D eigenvalue weighted by molar-refractivity contribution is 8.11. The lowest BCUT2D eigenvalue weighted by molar-refractivity contribution is 1.02. The summed E-state index contributed by atoms with van der Waals surface area (Å²) in [4.78, 5) is 2.91. The molecule has 7 aromatic carbocycles. The summed E-state index contributed by atoms with van der Waals surface area (Å²) in [6.07, 6.45) is 12.6. The molecule has 0 aromatic heterocycles. The third kappa shape index (κ3) is 4.02. The second kappa shape index (κ2) is 10.9. The zero-order valence-electron chi connectivity index (χ0n) is 27.5. The van der Waals surface area contributed by atoms with Crippen LogP contribution in [0.4, 0.5) is 0 Å². The summed E-state index contributed by atoms with van der Waals surface area (Å²) in [5.74, 6) is 0. The zero-order valence-corrected chi connectivity index (χ0v) is 28.4. The first-order chi connectivity index (χ1) is 24.8. The summed E-state index contributed by atoms with van der Waals surface area (Å²) >= 11 is 1.98. The van der Waals surface area contributed by atoms with Crippen molar-refractivity contribution in [1.29, 1.82) is 0 Å². The van der Waals surface area contributed by atoms with Gasteiger partial charge in [0.15, 0.2) is 0 Å². The monoisotopic (exact) mass is 652 g/mol. The van der Waals surface area contributed by atoms with Gasteiger partial charge in [0.2, 0.25) is 0 Å². The van der Waals surface area contributed by atoms with Crippen LogP contribution in [-0.4, -0.2) is 0 Å². The molecule has 0 radical (unpaired) electrons. The normalized spacial score (nSPS) is 15.4. The van der Waals surface area contributed by atoms with Gasteiger partial charge in [0, 0.05) is 10.1 Å². The largest absolute Gasteiger partial charge is 0.0932 e. The van der Waals surface area contributed by atoms with E-state index in [2.05, 4.69) is 158 Å². The van der Waals surface area contributed by atoms with Gasteiger partial charge in [-0.15, -0.1) is 0 Å². The Morgan fingerprint density at radius 2 is 1.12 bits per heavy atom. The molecule has 1 heteroatoms. The number of thioether (sulfide) groups is 1. The van der Waals surface area contributed by atoms with Crippen molar-refractivity contribution < 1.29 is 0 Å². The molecule has 1 aliphatic heterocycles. The molecule has 0 atom stereocenters. The molecule has 0 amide bonds. The lowest BCUT2D eigenvalue weighted by Gasteiger charge is -2.22. The van der Waals surface area contributed by atoms with Crippen LogP contribution >= 0.6 is 11.8 Å². The van der Waals surface area contributed by atoms with E-state index in [4.69, 9.17) is 0 Å². The quantitative estimate of drug-likeness (QED) is 0.183. The fourth-order valence-corrected chi connectivity index (χ4v) is 10.3. The molecule has 0 saturated heterocycles. The van der Waals surface area contributed by atoms with E-state index < -0.39 is 0 Å². The molecule has 0 unspecified atom stereocenters. The van der Waals surface area contributed by atoms with Crippen molar-refractivity contribution in [2.24, 2.45) is 0 Å². The second-order valence-corrected chi connectivity index (χ2v) is 14.9. The molecule has 234 valence electrons. The van der Waals surface area contributed by atoms with E-state index in [1.54, 1.807) is 0 Å². The van der Waals surface area contributed by atoms with Crippen molar-refractivity contribution in [3.63, 3.8) is 0 Å². The van der Waals surface area contributed by atoms with Gasteiger partial charge in [0.1, 0.15) is 0 Å². The smallest absolute Gasteiger partial charge is 0.0201 e. The highest BCUT2D eigenvalue weighted by Crippen LogP contribution is 2.57. The van der Waals surface area contributed by atoms with E-state index in [-0.39, 0.29) is 0 Å². The number of hydrogen-bond acceptors (Lipinski definition) is 1. The van der Waals surface area contributed by atoms with Crippen LogP contribution in [0.15, 0.2) is 163 Å². The summed E-state index contributed by atoms with van der Waals surface area (Å²) in [5.41, 5.74) is 16.0. The maximum atomic E-state index is 2.38. The number of rotatable bonds is 3. The lowest BCUT2D eigenvalue weighted by atomic mass is 9.82. The van der Waals surface area contributed by atoms with E-state index in [9.17, 15) is 0 Å². The zero-order chi connectivity index (χ0) is 32.8. The molecule has 0 fully saturated rings. The van der Waals surface area contributed by atoms with Gasteiger partial charge < -0.3 is 0 Å². The third-order valence-corrected chi connectivity index (χ3v) is 12.3. The van der Waals surface area contributed by atoms with Crippen molar-refractivity contribution >= 4 is 49.4 Å². The fraction of sp³-hybridized carbons (Fsp3) is 0.0612. The number of benzene rings is 7. The summed E-state index contributed by atoms with van der Waals surface area (Å²) in [6.45, 7) is 0. The molecule has 0 N–H and O–H groups in total. The van der Waals surface area contributed by atoms with Crippen LogP contribution in [0.1, 0.15) is 30.4 Å². The maximum Gasteiger partial charge on any atom is 0.0201 e. The molecule has 50 heavy (non-hydrogen) atoms. The predicted octanol–water partition coefficient (Wildman–Crippen LogP) is 12.0. The van der Waals surface area contributed by atoms with Crippen LogP contribution in [0.5, 0.6) is 0 Å². The van der Waals surface area contributed by atoms with Gasteiger partial charge in [-0.25, -0.2) is 0 Å². The third-order valence-electron chi connectivity index (χ3n) is 11.1. The van der Waals surface area contributed by atoms with Crippen LogP contribution in [0, 0.1) is 0 Å². The number of fused-ring (bicyclic) bond motifs is 5. The van der Waals surface area contributed by atoms with Gasteiger partial charge in [-0.2, -0.15) is 0 Å². The van der Waals surface area contributed by atoms with Crippen molar-refractivity contribution in [2.75, 3.05) is 0 Å². The van der Waals surface area contributed by atoms with E-state index in [1.165, 1.54) is 109 Å². The highest BCUT2D eigenvalue weighted by Gasteiger charge is 2.30. The van der Waals surface area contributed by atoms with Crippen LogP contribution in [-0.2, 0) is 0 Å². The summed E-state index contributed by atoms with van der Waals surface area (Å²) in [6, 6.07) is 50.1. The minimum atomic E-state index is 0.918. The molecule has 0 nitrogen and oxygen atoms in total. The molecule has 4 aliphatic rings. The lowest BCUT2D eigenvalue weighted by Crippen LogP contribution is -2.33. The van der Waals surface area contributed by atoms with Crippen molar-refractivity contribution in [3.8, 4) is 44.5 Å². The molecular weight excluding hydrogens is 621 g/mol. The molecule has 3 aliphatic carbocycles. The summed E-state index contributed by atoms with van der Waals surface area (Å²) in [5, 5.41) is 8.03. The van der Waals surface area contributed by atoms with Crippen LogP contribution < -0.4 is 10.4 Å². The molecule has 7 aromatic rings. The van der Waals surface area contributed by atoms with E-state index in [0.29, 0.717) is 0 Å². The Morgan fingerprint density at radius 3 is 1.86 bits per heavy atom. The Morgan fingerprint density at radius 1 is 0.480 bits per heavy atom. The first-order valence-corrected chi connectivity index (χ1v) is 18.5. The molecule has 11 rings (SSSR count). The summed E-state index contributed by atoms with van der Waals surface area (Å²) in [7, 11) is 0. The standard InChI is InChI=1S/C49H32S/c1-2-12-32(13-3-1)45-38-17-4-5-18-39(38)46(49-41-23-9-15-31-14-8-22-40(44(31)41)48(45)49)33-28-26-30(27-29-33)34-19-11-25-43-47-36(34)20-10-21-37(47)35-16-6-7-24-42(35)50-43/h1-6,8-18,20-23,25-29H,7,19,24H2. The Bertz CT molecular complexity index is 2820. The second-order valence-electron chi connectivity index (χ2n) is 13.8. The van der Waals surface area contributed by atoms with Crippen LogP contribution in [0.3, 0.4) is 0 Å². The van der Waals surface area contributed by atoms with Crippen molar-refractivity contribution in [1.82, 2.24) is 0 Å². The Balaban J connectivity index is 1.16.